The molecule has 0 amide bonds. The molecule has 0 radical (unpaired) electrons. The maximum absolute atomic E-state index is 13.2. The number of nitrogens with zero attached hydrogens (tertiary/aromatic N) is 2. The summed E-state index contributed by atoms with van der Waals surface area (Å²) in [6, 6.07) is 6.19. The second-order valence-electron chi connectivity index (χ2n) is 5.49. The van der Waals surface area contributed by atoms with Crippen LogP contribution < -0.4 is 15.4 Å². The summed E-state index contributed by atoms with van der Waals surface area (Å²) in [6.07, 6.45) is 3.64. The molecule has 2 N–H and O–H groups in total. The lowest BCUT2D eigenvalue weighted by Crippen LogP contribution is -2.42. The van der Waals surface area contributed by atoms with E-state index >= 15 is 0 Å². The van der Waals surface area contributed by atoms with Gasteiger partial charge < -0.3 is 15.4 Å². The number of hydrogen-bond donors (Lipinski definition) is 2. The third-order valence-electron chi connectivity index (χ3n) is 3.63. The summed E-state index contributed by atoms with van der Waals surface area (Å²) in [6.45, 7) is 5.36. The molecule has 8 heteroatoms. The zero-order chi connectivity index (χ0) is 18.1. The summed E-state index contributed by atoms with van der Waals surface area (Å²) in [5.41, 5.74) is 0. The van der Waals surface area contributed by atoms with E-state index in [1.807, 2.05) is 13.1 Å². The first kappa shape index (κ1) is 22.6. The van der Waals surface area contributed by atoms with Gasteiger partial charge in [-0.05, 0) is 25.0 Å². The number of thiazole rings is 1. The number of rotatable bonds is 8. The first-order valence-corrected chi connectivity index (χ1v) is 9.26. The lowest BCUT2D eigenvalue weighted by molar-refractivity contribution is 0.199. The van der Waals surface area contributed by atoms with Gasteiger partial charge in [0.05, 0.1) is 13.1 Å². The molecule has 0 aliphatic rings. The Morgan fingerprint density at radius 3 is 2.77 bits per heavy atom. The Morgan fingerprint density at radius 2 is 2.15 bits per heavy atom. The van der Waals surface area contributed by atoms with Gasteiger partial charge in [-0.15, -0.1) is 35.3 Å². The maximum atomic E-state index is 13.2. The molecule has 144 valence electrons. The highest BCUT2D eigenvalue weighted by Gasteiger charge is 2.10. The van der Waals surface area contributed by atoms with Crippen molar-refractivity contribution in [3.8, 4) is 5.75 Å². The van der Waals surface area contributed by atoms with Crippen LogP contribution in [-0.2, 0) is 13.0 Å². The van der Waals surface area contributed by atoms with E-state index in [4.69, 9.17) is 4.74 Å². The molecule has 0 saturated heterocycles. The van der Waals surface area contributed by atoms with Crippen molar-refractivity contribution in [2.75, 3.05) is 13.6 Å². The predicted octanol–water partition coefficient (Wildman–Crippen LogP) is 3.99. The zero-order valence-corrected chi connectivity index (χ0v) is 18.4. The van der Waals surface area contributed by atoms with E-state index in [0.29, 0.717) is 24.8 Å². The quantitative estimate of drug-likeness (QED) is 0.333. The molecule has 0 saturated carbocycles. The molecule has 1 unspecified atom stereocenters. The van der Waals surface area contributed by atoms with E-state index in [0.717, 1.165) is 17.8 Å². The summed E-state index contributed by atoms with van der Waals surface area (Å²) < 4.78 is 19.1. The summed E-state index contributed by atoms with van der Waals surface area (Å²) in [5, 5.41) is 7.52. The van der Waals surface area contributed by atoms with Crippen molar-refractivity contribution in [1.29, 1.82) is 0 Å². The minimum atomic E-state index is -0.298. The SMILES string of the molecule is CCc1cnc(CNC(=NC)NCC(CC)Oc2cccc(F)c2)s1.I. The maximum Gasteiger partial charge on any atom is 0.191 e. The number of ether oxygens (including phenoxy) is 1. The minimum absolute atomic E-state index is 0. The summed E-state index contributed by atoms with van der Waals surface area (Å²) in [5.74, 6) is 0.925. The number of halogens is 2. The van der Waals surface area contributed by atoms with Crippen LogP contribution in [0.25, 0.3) is 0 Å². The molecule has 1 atom stereocenters. The second-order valence-corrected chi connectivity index (χ2v) is 6.69. The van der Waals surface area contributed by atoms with Gasteiger partial charge in [0.25, 0.3) is 0 Å². The summed E-state index contributed by atoms with van der Waals surface area (Å²) >= 11 is 1.70. The van der Waals surface area contributed by atoms with Gasteiger partial charge >= 0.3 is 0 Å². The number of aryl methyl sites for hydroxylation is 1. The minimum Gasteiger partial charge on any atom is -0.489 e. The van der Waals surface area contributed by atoms with Crippen LogP contribution in [-0.4, -0.2) is 30.6 Å². The largest absolute Gasteiger partial charge is 0.489 e. The van der Waals surface area contributed by atoms with Gasteiger partial charge in [-0.1, -0.05) is 19.9 Å². The monoisotopic (exact) mass is 492 g/mol. The molecule has 0 aliphatic heterocycles. The van der Waals surface area contributed by atoms with Crippen LogP contribution in [0.15, 0.2) is 35.5 Å². The van der Waals surface area contributed by atoms with Crippen molar-refractivity contribution in [2.24, 2.45) is 4.99 Å². The molecule has 1 aromatic carbocycles. The number of aromatic nitrogens is 1. The van der Waals surface area contributed by atoms with Crippen LogP contribution in [0.5, 0.6) is 5.75 Å². The second kappa shape index (κ2) is 12.1. The van der Waals surface area contributed by atoms with E-state index in [1.54, 1.807) is 30.5 Å². The molecule has 5 nitrogen and oxygen atoms in total. The summed E-state index contributed by atoms with van der Waals surface area (Å²) in [7, 11) is 1.73. The van der Waals surface area contributed by atoms with Crippen LogP contribution in [0.2, 0.25) is 0 Å². The fourth-order valence-corrected chi connectivity index (χ4v) is 2.99. The molecule has 0 spiro atoms. The summed E-state index contributed by atoms with van der Waals surface area (Å²) in [4.78, 5) is 9.87. The fourth-order valence-electron chi connectivity index (χ4n) is 2.19. The van der Waals surface area contributed by atoms with Gasteiger partial charge in [-0.3, -0.25) is 4.99 Å². The molecule has 0 fully saturated rings. The van der Waals surface area contributed by atoms with Gasteiger partial charge in [0.15, 0.2) is 5.96 Å². The van der Waals surface area contributed by atoms with Crippen molar-refractivity contribution in [1.82, 2.24) is 15.6 Å². The van der Waals surface area contributed by atoms with Gasteiger partial charge in [0, 0.05) is 24.2 Å². The Labute approximate surface area is 175 Å². The smallest absolute Gasteiger partial charge is 0.191 e. The Morgan fingerprint density at radius 1 is 1.35 bits per heavy atom. The van der Waals surface area contributed by atoms with Gasteiger partial charge in [-0.2, -0.15) is 0 Å². The molecule has 2 aromatic rings. The Kier molecular flexibility index (Phi) is 10.5. The zero-order valence-electron chi connectivity index (χ0n) is 15.3. The molecule has 26 heavy (non-hydrogen) atoms. The highest BCUT2D eigenvalue weighted by molar-refractivity contribution is 14.0. The highest BCUT2D eigenvalue weighted by atomic mass is 127. The highest BCUT2D eigenvalue weighted by Crippen LogP contribution is 2.15. The van der Waals surface area contributed by atoms with Crippen molar-refractivity contribution in [3.63, 3.8) is 0 Å². The predicted molar refractivity (Wildman–Crippen MR) is 116 cm³/mol. The van der Waals surface area contributed by atoms with Crippen LogP contribution in [0, 0.1) is 5.82 Å². The third-order valence-corrected chi connectivity index (χ3v) is 4.77. The van der Waals surface area contributed by atoms with E-state index < -0.39 is 0 Å². The van der Waals surface area contributed by atoms with E-state index in [1.165, 1.54) is 17.0 Å². The lowest BCUT2D eigenvalue weighted by Gasteiger charge is -2.19. The van der Waals surface area contributed by atoms with E-state index in [9.17, 15) is 4.39 Å². The van der Waals surface area contributed by atoms with Crippen molar-refractivity contribution in [2.45, 2.75) is 39.3 Å². The molecule has 0 aliphatic carbocycles. The molecule has 1 heterocycles. The molecule has 0 bridgehead atoms. The van der Waals surface area contributed by atoms with Crippen molar-refractivity contribution < 1.29 is 9.13 Å². The van der Waals surface area contributed by atoms with Crippen LogP contribution in [0.3, 0.4) is 0 Å². The van der Waals surface area contributed by atoms with Gasteiger partial charge in [-0.25, -0.2) is 9.37 Å². The van der Waals surface area contributed by atoms with Crippen molar-refractivity contribution in [3.05, 3.63) is 46.2 Å². The molecule has 1 aromatic heterocycles. The Bertz CT molecular complexity index is 695. The van der Waals surface area contributed by atoms with Crippen LogP contribution in [0.1, 0.15) is 30.2 Å². The lowest BCUT2D eigenvalue weighted by atomic mass is 10.2. The number of aliphatic imine (C=N–C) groups is 1. The van der Waals surface area contributed by atoms with Crippen molar-refractivity contribution >= 4 is 41.3 Å². The molecular formula is C18H26FIN4OS. The standard InChI is InChI=1S/C18H25FN4OS.HI/c1-4-14(24-15-8-6-7-13(19)9-15)10-22-18(20-3)23-12-17-21-11-16(5-2)25-17;/h6-9,11,14H,4-5,10,12H2,1-3H3,(H2,20,22,23);1H. The normalized spacial score (nSPS) is 12.2. The van der Waals surface area contributed by atoms with E-state index in [-0.39, 0.29) is 35.9 Å². The number of benzene rings is 1. The Hall–Kier alpha value is -1.42. The number of guanidine groups is 1. The fraction of sp³-hybridized carbons (Fsp3) is 0.444. The van der Waals surface area contributed by atoms with Gasteiger partial charge in [0.1, 0.15) is 22.7 Å². The third kappa shape index (κ3) is 7.45. The van der Waals surface area contributed by atoms with E-state index in [2.05, 4.69) is 27.5 Å². The van der Waals surface area contributed by atoms with Crippen LogP contribution >= 0.6 is 35.3 Å². The van der Waals surface area contributed by atoms with Crippen LogP contribution in [0.4, 0.5) is 4.39 Å². The number of hydrogen-bond acceptors (Lipinski definition) is 4. The first-order chi connectivity index (χ1) is 12.1. The van der Waals surface area contributed by atoms with Gasteiger partial charge in [0.2, 0.25) is 0 Å². The average Bonchev–Trinajstić information content (AvgIpc) is 3.09. The molecule has 2 rings (SSSR count). The Balaban J connectivity index is 0.00000338. The number of nitrogens with one attached hydrogen (secondary N) is 2. The first-order valence-electron chi connectivity index (χ1n) is 8.44. The molecular weight excluding hydrogens is 466 g/mol. The average molecular weight is 492 g/mol. The topological polar surface area (TPSA) is 58.5 Å².